The summed E-state index contributed by atoms with van der Waals surface area (Å²) >= 11 is 0. The maximum Gasteiger partial charge on any atom is 0.314 e. The summed E-state index contributed by atoms with van der Waals surface area (Å²) in [6, 6.07) is 0. The molecule has 0 aliphatic carbocycles. The summed E-state index contributed by atoms with van der Waals surface area (Å²) in [5, 5.41) is 18.7. The Kier molecular flexibility index (Phi) is 25.8. The number of likely N-dealkylation sites (tertiary alicyclic amines) is 1. The van der Waals surface area contributed by atoms with Crippen LogP contribution in [0, 0.1) is 10.8 Å². The van der Waals surface area contributed by atoms with Crippen LogP contribution in [-0.2, 0) is 33.4 Å². The highest BCUT2D eigenvalue weighted by molar-refractivity contribution is 5.94. The van der Waals surface area contributed by atoms with Crippen molar-refractivity contribution in [2.75, 3.05) is 7.05 Å². The number of nitrogens with one attached hydrogen (secondary N) is 2. The largest absolute Gasteiger partial charge is 0.481 e. The number of rotatable bonds is 34. The van der Waals surface area contributed by atoms with Gasteiger partial charge in [0.25, 0.3) is 0 Å². The predicted octanol–water partition coefficient (Wildman–Crippen LogP) is 15.1. The number of ether oxygens (including phenoxy) is 3. The van der Waals surface area contributed by atoms with Gasteiger partial charge in [0, 0.05) is 71.8 Å². The number of piperidine rings is 3. The average molecular weight is 1030 g/mol. The molecule has 3 rings (SSSR count). The lowest BCUT2D eigenvalue weighted by Gasteiger charge is -2.53. The van der Waals surface area contributed by atoms with E-state index < -0.39 is 65.9 Å². The molecule has 3 N–H and O–H groups in total. The van der Waals surface area contributed by atoms with Gasteiger partial charge in [-0.15, -0.1) is 0 Å². The molecular weight excluding hydrogens is 915 g/mol. The lowest BCUT2D eigenvalue weighted by molar-refractivity contribution is -0.202. The van der Waals surface area contributed by atoms with Crippen molar-refractivity contribution >= 4 is 23.9 Å². The molecule has 0 bridgehead atoms. The Morgan fingerprint density at radius 3 is 1.01 bits per heavy atom. The van der Waals surface area contributed by atoms with Crippen LogP contribution in [0.3, 0.4) is 0 Å². The van der Waals surface area contributed by atoms with Crippen molar-refractivity contribution in [3.63, 3.8) is 0 Å². The van der Waals surface area contributed by atoms with Crippen molar-refractivity contribution in [1.82, 2.24) is 15.5 Å². The Bertz CT molecular complexity index is 1640. The van der Waals surface area contributed by atoms with Crippen molar-refractivity contribution < 1.29 is 38.5 Å². The second kappa shape index (κ2) is 28.9. The standard InChI is InChI=1S/C62H115N3O8/c1-16-18-20-22-24-26-28-30-32-34-36-38-61(46-51(66)67,53(69)72-48-40-55(3,4)63-56(5,6)41-48)62(39-37-35-33-31-29-27-25-23-21-19-17-2,54(70)73-49-42-57(7,8)64-58(9,10)43-49)47-52(68)71-50-44-59(11,12)65(15)60(13,14)45-50/h48-50,63-64H,16-47H2,1-15H3,(H,66,67). The monoisotopic (exact) mass is 1030 g/mol. The Labute approximate surface area is 448 Å². The first kappa shape index (κ1) is 65.0. The number of hydrogen-bond donors (Lipinski definition) is 3. The molecule has 3 saturated heterocycles. The molecule has 0 spiro atoms. The Morgan fingerprint density at radius 1 is 0.438 bits per heavy atom. The summed E-state index contributed by atoms with van der Waals surface area (Å²) in [6.07, 6.45) is 24.6. The minimum atomic E-state index is -1.92. The van der Waals surface area contributed by atoms with Crippen molar-refractivity contribution in [3.05, 3.63) is 0 Å². The molecule has 73 heavy (non-hydrogen) atoms. The van der Waals surface area contributed by atoms with Gasteiger partial charge in [-0.2, -0.15) is 0 Å². The molecule has 2 unspecified atom stereocenters. The molecule has 0 amide bonds. The lowest BCUT2D eigenvalue weighted by Crippen LogP contribution is -2.62. The molecule has 11 nitrogen and oxygen atoms in total. The van der Waals surface area contributed by atoms with Crippen LogP contribution < -0.4 is 10.6 Å². The van der Waals surface area contributed by atoms with Gasteiger partial charge in [0.05, 0.1) is 23.7 Å². The third kappa shape index (κ3) is 21.3. The molecular formula is C62H115N3O8. The first-order valence-electron chi connectivity index (χ1n) is 30.1. The molecule has 0 aromatic carbocycles. The fourth-order valence-electron chi connectivity index (χ4n) is 14.2. The minimum Gasteiger partial charge on any atom is -0.481 e. The van der Waals surface area contributed by atoms with Crippen LogP contribution in [0.15, 0.2) is 0 Å². The van der Waals surface area contributed by atoms with E-state index in [0.717, 1.165) is 51.4 Å². The highest BCUT2D eigenvalue weighted by Gasteiger charge is 2.65. The second-order valence-corrected chi connectivity index (χ2v) is 27.8. The highest BCUT2D eigenvalue weighted by Crippen LogP contribution is 2.56. The first-order chi connectivity index (χ1) is 33.9. The molecule has 0 aromatic rings. The van der Waals surface area contributed by atoms with Gasteiger partial charge in [-0.05, 0) is 103 Å². The van der Waals surface area contributed by atoms with Gasteiger partial charge in [0.1, 0.15) is 18.3 Å². The van der Waals surface area contributed by atoms with Crippen LogP contribution in [0.2, 0.25) is 0 Å². The molecule has 3 heterocycles. The van der Waals surface area contributed by atoms with E-state index in [1.54, 1.807) is 0 Å². The molecule has 0 aromatic heterocycles. The smallest absolute Gasteiger partial charge is 0.314 e. The number of nitrogens with zero attached hydrogens (tertiary/aromatic N) is 1. The Balaban J connectivity index is 2.22. The highest BCUT2D eigenvalue weighted by atomic mass is 16.6. The van der Waals surface area contributed by atoms with E-state index in [9.17, 15) is 9.90 Å². The normalized spacial score (nSPS) is 22.5. The zero-order valence-corrected chi connectivity index (χ0v) is 50.1. The van der Waals surface area contributed by atoms with Gasteiger partial charge in [-0.3, -0.25) is 24.1 Å². The van der Waals surface area contributed by atoms with Crippen LogP contribution in [-0.4, -0.2) is 92.5 Å². The fourth-order valence-corrected chi connectivity index (χ4v) is 14.2. The maximum atomic E-state index is 16.2. The minimum absolute atomic E-state index is 0.0881. The van der Waals surface area contributed by atoms with Crippen LogP contribution in [0.4, 0.5) is 0 Å². The summed E-state index contributed by atoms with van der Waals surface area (Å²) in [7, 11) is 2.11. The number of carbonyl (C=O) groups is 4. The van der Waals surface area contributed by atoms with Crippen LogP contribution in [0.5, 0.6) is 0 Å². The number of hydrogen-bond acceptors (Lipinski definition) is 10. The van der Waals surface area contributed by atoms with Gasteiger partial charge >= 0.3 is 23.9 Å². The molecule has 0 radical (unpaired) electrons. The summed E-state index contributed by atoms with van der Waals surface area (Å²) in [4.78, 5) is 63.6. The zero-order chi connectivity index (χ0) is 54.8. The number of carbonyl (C=O) groups excluding carboxylic acids is 3. The Morgan fingerprint density at radius 2 is 0.712 bits per heavy atom. The number of unbranched alkanes of at least 4 members (excludes halogenated alkanes) is 20. The number of carboxylic acid groups (broad SMARTS) is 1. The molecule has 3 aliphatic heterocycles. The van der Waals surface area contributed by atoms with E-state index in [-0.39, 0.29) is 46.1 Å². The lowest BCUT2D eigenvalue weighted by atomic mass is 9.55. The average Bonchev–Trinajstić information content (AvgIpc) is 3.23. The summed E-state index contributed by atoms with van der Waals surface area (Å²) in [6.45, 7) is 30.0. The van der Waals surface area contributed by atoms with E-state index >= 15 is 14.4 Å². The van der Waals surface area contributed by atoms with Gasteiger partial charge in [0.2, 0.25) is 0 Å². The predicted molar refractivity (Wildman–Crippen MR) is 300 cm³/mol. The molecule has 3 fully saturated rings. The van der Waals surface area contributed by atoms with Crippen molar-refractivity contribution in [2.24, 2.45) is 10.8 Å². The van der Waals surface area contributed by atoms with Gasteiger partial charge in [0.15, 0.2) is 0 Å². The number of esters is 3. The van der Waals surface area contributed by atoms with Gasteiger partial charge in [-0.1, -0.05) is 155 Å². The first-order valence-corrected chi connectivity index (χ1v) is 30.1. The molecule has 3 aliphatic rings. The van der Waals surface area contributed by atoms with Gasteiger partial charge in [-0.25, -0.2) is 0 Å². The number of carboxylic acids is 1. The fraction of sp³-hybridized carbons (Fsp3) is 0.935. The maximum absolute atomic E-state index is 16.2. The zero-order valence-electron chi connectivity index (χ0n) is 50.1. The SMILES string of the molecule is CCCCCCCCCCCCCC(CC(=O)O)(C(=O)OC1CC(C)(C)NC(C)(C)C1)C(CCCCCCCCCCCCC)(CC(=O)OC1CC(C)(C)N(C)C(C)(C)C1)C(=O)OC1CC(C)(C)NC(C)(C)C1. The Hall–Kier alpha value is -2.24. The van der Waals surface area contributed by atoms with E-state index in [4.69, 9.17) is 14.2 Å². The van der Waals surface area contributed by atoms with E-state index in [1.807, 2.05) is 0 Å². The second-order valence-electron chi connectivity index (χ2n) is 27.8. The number of aliphatic carboxylic acids is 1. The molecule has 0 saturated carbocycles. The van der Waals surface area contributed by atoms with Crippen LogP contribution >= 0.6 is 0 Å². The molecule has 426 valence electrons. The molecule has 11 heteroatoms. The topological polar surface area (TPSA) is 143 Å². The van der Waals surface area contributed by atoms with E-state index in [1.165, 1.54) is 77.0 Å². The van der Waals surface area contributed by atoms with Crippen LogP contribution in [0.25, 0.3) is 0 Å². The van der Waals surface area contributed by atoms with E-state index in [0.29, 0.717) is 51.4 Å². The summed E-state index contributed by atoms with van der Waals surface area (Å²) < 4.78 is 20.2. The third-order valence-corrected chi connectivity index (χ3v) is 17.4. The van der Waals surface area contributed by atoms with Crippen molar-refractivity contribution in [3.8, 4) is 0 Å². The molecule has 2 atom stereocenters. The van der Waals surface area contributed by atoms with Crippen LogP contribution in [0.1, 0.15) is 302 Å². The summed E-state index contributed by atoms with van der Waals surface area (Å²) in [5.41, 5.74) is -5.88. The third-order valence-electron chi connectivity index (χ3n) is 17.4. The van der Waals surface area contributed by atoms with Crippen molar-refractivity contribution in [2.45, 2.75) is 354 Å². The van der Waals surface area contributed by atoms with Crippen molar-refractivity contribution in [1.29, 1.82) is 0 Å². The van der Waals surface area contributed by atoms with E-state index in [2.05, 4.69) is 120 Å². The quantitative estimate of drug-likeness (QED) is 0.0322. The summed E-state index contributed by atoms with van der Waals surface area (Å²) in [5.74, 6) is -3.14. The van der Waals surface area contributed by atoms with Gasteiger partial charge < -0.3 is 30.0 Å².